The van der Waals surface area contributed by atoms with Crippen LogP contribution < -0.4 is 10.1 Å². The minimum Gasteiger partial charge on any atom is -0.484 e. The van der Waals surface area contributed by atoms with Crippen molar-refractivity contribution in [3.05, 3.63) is 64.7 Å². The molecule has 0 aliphatic rings. The van der Waals surface area contributed by atoms with Crippen molar-refractivity contribution in [2.24, 2.45) is 0 Å². The summed E-state index contributed by atoms with van der Waals surface area (Å²) in [5.74, 6) is 0.569. The second kappa shape index (κ2) is 11.0. The Kier molecular flexibility index (Phi) is 8.72. The number of amides is 2. The lowest BCUT2D eigenvalue weighted by Crippen LogP contribution is -2.50. The summed E-state index contributed by atoms with van der Waals surface area (Å²) in [6, 6.07) is 14.3. The van der Waals surface area contributed by atoms with E-state index in [1.54, 1.807) is 19.1 Å². The lowest BCUT2D eigenvalue weighted by atomic mass is 10.0. The van der Waals surface area contributed by atoms with Crippen molar-refractivity contribution in [1.29, 1.82) is 0 Å². The molecule has 0 saturated carbocycles. The van der Waals surface area contributed by atoms with Gasteiger partial charge in [-0.25, -0.2) is 0 Å². The molecular weight excluding hydrogens is 400 g/mol. The third-order valence-electron chi connectivity index (χ3n) is 4.75. The van der Waals surface area contributed by atoms with Crippen molar-refractivity contribution >= 4 is 23.4 Å². The molecule has 0 aliphatic carbocycles. The summed E-state index contributed by atoms with van der Waals surface area (Å²) in [4.78, 5) is 27.1. The van der Waals surface area contributed by atoms with E-state index in [4.69, 9.17) is 16.3 Å². The third-order valence-corrected chi connectivity index (χ3v) is 4.98. The van der Waals surface area contributed by atoms with Gasteiger partial charge in [0.1, 0.15) is 11.8 Å². The number of hydrogen-bond donors (Lipinski definition) is 1. The van der Waals surface area contributed by atoms with Gasteiger partial charge in [-0.05, 0) is 62.1 Å². The predicted molar refractivity (Wildman–Crippen MR) is 121 cm³/mol. The molecule has 0 radical (unpaired) electrons. The fourth-order valence-electron chi connectivity index (χ4n) is 3.00. The summed E-state index contributed by atoms with van der Waals surface area (Å²) >= 11 is 6.09. The van der Waals surface area contributed by atoms with Crippen LogP contribution in [0.5, 0.6) is 5.75 Å². The van der Waals surface area contributed by atoms with Crippen molar-refractivity contribution in [3.8, 4) is 5.75 Å². The highest BCUT2D eigenvalue weighted by Gasteiger charge is 2.27. The van der Waals surface area contributed by atoms with E-state index in [1.165, 1.54) is 10.5 Å². The first-order valence-electron chi connectivity index (χ1n) is 10.2. The molecular formula is C24H31ClN2O3. The van der Waals surface area contributed by atoms with Crippen molar-refractivity contribution < 1.29 is 14.3 Å². The molecule has 0 aromatic heterocycles. The highest BCUT2D eigenvalue weighted by molar-refractivity contribution is 6.30. The molecule has 2 rings (SSSR count). The molecule has 0 bridgehead atoms. The molecule has 2 amide bonds. The van der Waals surface area contributed by atoms with Crippen LogP contribution in [0.2, 0.25) is 5.02 Å². The molecule has 2 aromatic carbocycles. The zero-order chi connectivity index (χ0) is 22.3. The number of carbonyl (C=O) groups is 2. The van der Waals surface area contributed by atoms with Crippen LogP contribution >= 0.6 is 11.6 Å². The molecule has 0 saturated heterocycles. The minimum atomic E-state index is -0.647. The van der Waals surface area contributed by atoms with Crippen LogP contribution in [-0.4, -0.2) is 35.4 Å². The largest absolute Gasteiger partial charge is 0.484 e. The molecule has 2 aromatic rings. The van der Waals surface area contributed by atoms with Crippen molar-refractivity contribution in [1.82, 2.24) is 10.2 Å². The average molecular weight is 431 g/mol. The van der Waals surface area contributed by atoms with Gasteiger partial charge in [0.2, 0.25) is 5.91 Å². The van der Waals surface area contributed by atoms with E-state index in [9.17, 15) is 9.59 Å². The fourth-order valence-corrected chi connectivity index (χ4v) is 3.21. The molecule has 30 heavy (non-hydrogen) atoms. The molecule has 1 atom stereocenters. The SMILES string of the molecule is CC(C)NC(=O)C(C)N(Cc1cccc(Cl)c1)C(=O)COc1ccc(C(C)C)cc1. The second-order valence-electron chi connectivity index (χ2n) is 8.00. The maximum atomic E-state index is 13.0. The monoisotopic (exact) mass is 430 g/mol. The number of halogens is 1. The zero-order valence-electron chi connectivity index (χ0n) is 18.3. The summed E-state index contributed by atoms with van der Waals surface area (Å²) in [5, 5.41) is 3.45. The van der Waals surface area contributed by atoms with E-state index in [2.05, 4.69) is 19.2 Å². The second-order valence-corrected chi connectivity index (χ2v) is 8.44. The predicted octanol–water partition coefficient (Wildman–Crippen LogP) is 4.78. The van der Waals surface area contributed by atoms with Gasteiger partial charge in [0, 0.05) is 17.6 Å². The topological polar surface area (TPSA) is 58.6 Å². The third kappa shape index (κ3) is 7.06. The molecule has 1 unspecified atom stereocenters. The number of rotatable bonds is 9. The van der Waals surface area contributed by atoms with Gasteiger partial charge in [0.25, 0.3) is 5.91 Å². The van der Waals surface area contributed by atoms with E-state index in [0.29, 0.717) is 16.7 Å². The van der Waals surface area contributed by atoms with Crippen LogP contribution in [0.3, 0.4) is 0 Å². The first kappa shape index (κ1) is 23.7. The fraction of sp³-hybridized carbons (Fsp3) is 0.417. The van der Waals surface area contributed by atoms with Crippen molar-refractivity contribution in [3.63, 3.8) is 0 Å². The van der Waals surface area contributed by atoms with Crippen LogP contribution in [0, 0.1) is 0 Å². The Morgan fingerprint density at radius 2 is 1.70 bits per heavy atom. The minimum absolute atomic E-state index is 0.0150. The standard InChI is InChI=1S/C24H31ClN2O3/c1-16(2)20-9-11-22(12-10-20)30-15-23(28)27(18(5)24(29)26-17(3)4)14-19-7-6-8-21(25)13-19/h6-13,16-18H,14-15H2,1-5H3,(H,26,29). The first-order chi connectivity index (χ1) is 14.2. The molecule has 162 valence electrons. The average Bonchev–Trinajstić information content (AvgIpc) is 2.69. The summed E-state index contributed by atoms with van der Waals surface area (Å²) < 4.78 is 5.71. The lowest BCUT2D eigenvalue weighted by molar-refractivity contribution is -0.142. The number of nitrogens with one attached hydrogen (secondary N) is 1. The van der Waals surface area contributed by atoms with Gasteiger partial charge in [-0.3, -0.25) is 9.59 Å². The first-order valence-corrected chi connectivity index (χ1v) is 10.6. The van der Waals surface area contributed by atoms with E-state index >= 15 is 0 Å². The van der Waals surface area contributed by atoms with E-state index in [0.717, 1.165) is 5.56 Å². The molecule has 0 fully saturated rings. The van der Waals surface area contributed by atoms with Crippen LogP contribution in [0.25, 0.3) is 0 Å². The molecule has 5 nitrogen and oxygen atoms in total. The van der Waals surface area contributed by atoms with E-state index in [1.807, 2.05) is 50.2 Å². The summed E-state index contributed by atoms with van der Waals surface area (Å²) in [7, 11) is 0. The Morgan fingerprint density at radius 1 is 1.03 bits per heavy atom. The number of nitrogens with zero attached hydrogens (tertiary/aromatic N) is 1. The Morgan fingerprint density at radius 3 is 2.27 bits per heavy atom. The van der Waals surface area contributed by atoms with E-state index < -0.39 is 6.04 Å². The van der Waals surface area contributed by atoms with Gasteiger partial charge >= 0.3 is 0 Å². The van der Waals surface area contributed by atoms with Gasteiger partial charge in [0.15, 0.2) is 6.61 Å². The maximum absolute atomic E-state index is 13.0. The number of hydrogen-bond acceptors (Lipinski definition) is 3. The molecule has 0 heterocycles. The molecule has 0 spiro atoms. The molecule has 0 aliphatic heterocycles. The number of carbonyl (C=O) groups excluding carboxylic acids is 2. The van der Waals surface area contributed by atoms with E-state index in [-0.39, 0.29) is 31.0 Å². The van der Waals surface area contributed by atoms with Crippen LogP contribution in [0.1, 0.15) is 51.7 Å². The zero-order valence-corrected chi connectivity index (χ0v) is 19.1. The quantitative estimate of drug-likeness (QED) is 0.622. The highest BCUT2D eigenvalue weighted by atomic mass is 35.5. The Bertz CT molecular complexity index is 850. The Balaban J connectivity index is 2.13. The summed E-state index contributed by atoms with van der Waals surface area (Å²) in [6.07, 6.45) is 0. The summed E-state index contributed by atoms with van der Waals surface area (Å²) in [6.45, 7) is 9.85. The Labute approximate surface area is 184 Å². The summed E-state index contributed by atoms with van der Waals surface area (Å²) in [5.41, 5.74) is 2.05. The van der Waals surface area contributed by atoms with Gasteiger partial charge in [-0.2, -0.15) is 0 Å². The number of benzene rings is 2. The molecule has 1 N–H and O–H groups in total. The Hall–Kier alpha value is -2.53. The molecule has 6 heteroatoms. The maximum Gasteiger partial charge on any atom is 0.261 e. The van der Waals surface area contributed by atoms with Crippen molar-refractivity contribution in [2.75, 3.05) is 6.61 Å². The van der Waals surface area contributed by atoms with Gasteiger partial charge in [0.05, 0.1) is 0 Å². The van der Waals surface area contributed by atoms with Gasteiger partial charge in [-0.1, -0.05) is 49.7 Å². The van der Waals surface area contributed by atoms with Crippen molar-refractivity contribution in [2.45, 2.75) is 59.2 Å². The number of ether oxygens (including phenoxy) is 1. The highest BCUT2D eigenvalue weighted by Crippen LogP contribution is 2.19. The van der Waals surface area contributed by atoms with Crippen LogP contribution in [0.15, 0.2) is 48.5 Å². The van der Waals surface area contributed by atoms with Crippen LogP contribution in [0.4, 0.5) is 0 Å². The lowest BCUT2D eigenvalue weighted by Gasteiger charge is -2.29. The van der Waals surface area contributed by atoms with Gasteiger partial charge in [-0.15, -0.1) is 0 Å². The smallest absolute Gasteiger partial charge is 0.261 e. The van der Waals surface area contributed by atoms with Crippen LogP contribution in [-0.2, 0) is 16.1 Å². The normalized spacial score (nSPS) is 12.0. The van der Waals surface area contributed by atoms with Gasteiger partial charge < -0.3 is 15.0 Å².